The molecule has 1 aromatic carbocycles. The van der Waals surface area contributed by atoms with Gasteiger partial charge in [0.25, 0.3) is 0 Å². The van der Waals surface area contributed by atoms with Crippen molar-refractivity contribution in [1.29, 1.82) is 5.26 Å². The Morgan fingerprint density at radius 2 is 2.18 bits per heavy atom. The summed E-state index contributed by atoms with van der Waals surface area (Å²) in [5.41, 5.74) is 2.21. The standard InChI is InChI=1S/C13H14N2O2/c1-10-2-4-11(5-3-10)7-15-12(6-14)8-17-9-13(15)16/h2-5,12H,7-9H2,1H3. The van der Waals surface area contributed by atoms with Crippen molar-refractivity contribution in [2.45, 2.75) is 19.5 Å². The predicted octanol–water partition coefficient (Wildman–Crippen LogP) is 1.25. The Morgan fingerprint density at radius 3 is 2.82 bits per heavy atom. The van der Waals surface area contributed by atoms with Gasteiger partial charge in [-0.1, -0.05) is 29.8 Å². The van der Waals surface area contributed by atoms with Crippen molar-refractivity contribution < 1.29 is 9.53 Å². The molecular formula is C13H14N2O2. The first-order valence-electron chi connectivity index (χ1n) is 5.53. The Hall–Kier alpha value is -1.86. The average Bonchev–Trinajstić information content (AvgIpc) is 2.34. The van der Waals surface area contributed by atoms with E-state index in [0.717, 1.165) is 5.56 Å². The van der Waals surface area contributed by atoms with E-state index >= 15 is 0 Å². The molecule has 4 heteroatoms. The summed E-state index contributed by atoms with van der Waals surface area (Å²) >= 11 is 0. The van der Waals surface area contributed by atoms with E-state index < -0.39 is 6.04 Å². The first kappa shape index (κ1) is 11.6. The van der Waals surface area contributed by atoms with Crippen LogP contribution in [0, 0.1) is 18.3 Å². The maximum absolute atomic E-state index is 11.7. The molecule has 1 saturated heterocycles. The highest BCUT2D eigenvalue weighted by Crippen LogP contribution is 2.13. The molecule has 2 rings (SSSR count). The molecule has 1 aliphatic heterocycles. The Morgan fingerprint density at radius 1 is 1.47 bits per heavy atom. The molecule has 1 amide bonds. The molecule has 1 heterocycles. The maximum atomic E-state index is 11.7. The summed E-state index contributed by atoms with van der Waals surface area (Å²) in [5, 5.41) is 8.98. The molecule has 1 unspecified atom stereocenters. The molecule has 1 aliphatic rings. The summed E-state index contributed by atoms with van der Waals surface area (Å²) in [5.74, 6) is -0.122. The molecule has 0 bridgehead atoms. The lowest BCUT2D eigenvalue weighted by Crippen LogP contribution is -2.48. The zero-order valence-corrected chi connectivity index (χ0v) is 9.72. The second-order valence-electron chi connectivity index (χ2n) is 4.17. The predicted molar refractivity (Wildman–Crippen MR) is 61.9 cm³/mol. The molecule has 0 saturated carbocycles. The van der Waals surface area contributed by atoms with E-state index in [1.807, 2.05) is 31.2 Å². The number of carbonyl (C=O) groups is 1. The smallest absolute Gasteiger partial charge is 0.250 e. The van der Waals surface area contributed by atoms with Crippen molar-refractivity contribution in [2.75, 3.05) is 13.2 Å². The first-order valence-corrected chi connectivity index (χ1v) is 5.53. The topological polar surface area (TPSA) is 53.3 Å². The molecular weight excluding hydrogens is 216 g/mol. The van der Waals surface area contributed by atoms with Crippen molar-refractivity contribution in [3.63, 3.8) is 0 Å². The molecule has 0 radical (unpaired) electrons. The van der Waals surface area contributed by atoms with E-state index in [1.165, 1.54) is 5.56 Å². The van der Waals surface area contributed by atoms with Crippen LogP contribution in [0.4, 0.5) is 0 Å². The van der Waals surface area contributed by atoms with Gasteiger partial charge in [-0.05, 0) is 12.5 Å². The van der Waals surface area contributed by atoms with E-state index in [4.69, 9.17) is 10.00 Å². The highest BCUT2D eigenvalue weighted by atomic mass is 16.5. The van der Waals surface area contributed by atoms with Crippen LogP contribution in [0.1, 0.15) is 11.1 Å². The van der Waals surface area contributed by atoms with Crippen molar-refractivity contribution in [1.82, 2.24) is 4.90 Å². The largest absolute Gasteiger partial charge is 0.368 e. The number of benzene rings is 1. The van der Waals surface area contributed by atoms with Gasteiger partial charge in [0.1, 0.15) is 12.6 Å². The fraction of sp³-hybridized carbons (Fsp3) is 0.385. The third-order valence-corrected chi connectivity index (χ3v) is 2.82. The zero-order chi connectivity index (χ0) is 12.3. The zero-order valence-electron chi connectivity index (χ0n) is 9.72. The van der Waals surface area contributed by atoms with E-state index in [2.05, 4.69) is 6.07 Å². The summed E-state index contributed by atoms with van der Waals surface area (Å²) in [6.07, 6.45) is 0. The minimum absolute atomic E-state index is 0.0735. The number of carbonyl (C=O) groups excluding carboxylic acids is 1. The van der Waals surface area contributed by atoms with E-state index in [9.17, 15) is 4.79 Å². The molecule has 1 aromatic rings. The lowest BCUT2D eigenvalue weighted by molar-refractivity contribution is -0.146. The summed E-state index contributed by atoms with van der Waals surface area (Å²) in [4.78, 5) is 13.3. The van der Waals surface area contributed by atoms with Gasteiger partial charge in [0, 0.05) is 6.54 Å². The SMILES string of the molecule is Cc1ccc(CN2C(=O)COCC2C#N)cc1. The van der Waals surface area contributed by atoms with Gasteiger partial charge in [-0.25, -0.2) is 0 Å². The van der Waals surface area contributed by atoms with Crippen LogP contribution in [0.5, 0.6) is 0 Å². The second-order valence-corrected chi connectivity index (χ2v) is 4.17. The monoisotopic (exact) mass is 230 g/mol. The van der Waals surface area contributed by atoms with Crippen molar-refractivity contribution in [3.8, 4) is 6.07 Å². The fourth-order valence-corrected chi connectivity index (χ4v) is 1.80. The van der Waals surface area contributed by atoms with Crippen LogP contribution in [0.3, 0.4) is 0 Å². The molecule has 0 aromatic heterocycles. The van der Waals surface area contributed by atoms with Gasteiger partial charge in [0.05, 0.1) is 12.7 Å². The van der Waals surface area contributed by atoms with Crippen molar-refractivity contribution in [3.05, 3.63) is 35.4 Å². The third kappa shape index (κ3) is 2.63. The summed E-state index contributed by atoms with van der Waals surface area (Å²) in [6.45, 7) is 2.86. The number of aryl methyl sites for hydroxylation is 1. The number of nitrogens with zero attached hydrogens (tertiary/aromatic N) is 2. The van der Waals surface area contributed by atoms with Crippen LogP contribution in [-0.2, 0) is 16.1 Å². The summed E-state index contributed by atoms with van der Waals surface area (Å²) < 4.78 is 5.06. The lowest BCUT2D eigenvalue weighted by Gasteiger charge is -2.31. The number of hydrogen-bond donors (Lipinski definition) is 0. The Balaban J connectivity index is 2.12. The van der Waals surface area contributed by atoms with Crippen LogP contribution in [0.15, 0.2) is 24.3 Å². The molecule has 0 spiro atoms. The molecule has 88 valence electrons. The van der Waals surface area contributed by atoms with E-state index in [1.54, 1.807) is 4.90 Å². The Bertz CT molecular complexity index is 447. The molecule has 17 heavy (non-hydrogen) atoms. The molecule has 0 N–H and O–H groups in total. The lowest BCUT2D eigenvalue weighted by atomic mass is 10.1. The fourth-order valence-electron chi connectivity index (χ4n) is 1.80. The van der Waals surface area contributed by atoms with E-state index in [-0.39, 0.29) is 12.5 Å². The van der Waals surface area contributed by atoms with Crippen LogP contribution in [-0.4, -0.2) is 30.1 Å². The Labute approximate surface area is 100 Å². The van der Waals surface area contributed by atoms with Gasteiger partial charge >= 0.3 is 0 Å². The van der Waals surface area contributed by atoms with Crippen LogP contribution >= 0.6 is 0 Å². The average molecular weight is 230 g/mol. The van der Waals surface area contributed by atoms with Gasteiger partial charge in [-0.15, -0.1) is 0 Å². The first-order chi connectivity index (χ1) is 8.20. The van der Waals surface area contributed by atoms with E-state index in [0.29, 0.717) is 13.2 Å². The summed E-state index contributed by atoms with van der Waals surface area (Å²) in [6, 6.07) is 9.58. The maximum Gasteiger partial charge on any atom is 0.250 e. The number of nitriles is 1. The molecule has 4 nitrogen and oxygen atoms in total. The Kier molecular flexibility index (Phi) is 3.40. The molecule has 1 atom stereocenters. The summed E-state index contributed by atoms with van der Waals surface area (Å²) in [7, 11) is 0. The third-order valence-electron chi connectivity index (χ3n) is 2.82. The number of hydrogen-bond acceptors (Lipinski definition) is 3. The minimum Gasteiger partial charge on any atom is -0.368 e. The van der Waals surface area contributed by atoms with Crippen molar-refractivity contribution >= 4 is 5.91 Å². The van der Waals surface area contributed by atoms with Crippen LogP contribution in [0.25, 0.3) is 0 Å². The minimum atomic E-state index is -0.474. The number of amides is 1. The second kappa shape index (κ2) is 4.98. The van der Waals surface area contributed by atoms with Gasteiger partial charge in [-0.3, -0.25) is 4.79 Å². The molecule has 1 fully saturated rings. The van der Waals surface area contributed by atoms with Crippen molar-refractivity contribution in [2.24, 2.45) is 0 Å². The van der Waals surface area contributed by atoms with Gasteiger partial charge in [-0.2, -0.15) is 5.26 Å². The molecule has 0 aliphatic carbocycles. The number of morpholine rings is 1. The van der Waals surface area contributed by atoms with Gasteiger partial charge in [0.2, 0.25) is 5.91 Å². The van der Waals surface area contributed by atoms with Crippen LogP contribution < -0.4 is 0 Å². The highest BCUT2D eigenvalue weighted by Gasteiger charge is 2.28. The normalized spacial score (nSPS) is 20.1. The van der Waals surface area contributed by atoms with Gasteiger partial charge < -0.3 is 9.64 Å². The number of rotatable bonds is 2. The highest BCUT2D eigenvalue weighted by molar-refractivity contribution is 5.78. The van der Waals surface area contributed by atoms with Gasteiger partial charge in [0.15, 0.2) is 0 Å². The number of ether oxygens (including phenoxy) is 1. The quantitative estimate of drug-likeness (QED) is 0.768. The van der Waals surface area contributed by atoms with Crippen LogP contribution in [0.2, 0.25) is 0 Å².